The molecule has 0 spiro atoms. The zero-order valence-corrected chi connectivity index (χ0v) is 10.3. The summed E-state index contributed by atoms with van der Waals surface area (Å²) in [4.78, 5) is 23.7. The number of ether oxygens (including phenoxy) is 1. The molecule has 0 bridgehead atoms. The van der Waals surface area contributed by atoms with Gasteiger partial charge in [0.15, 0.2) is 0 Å². The van der Waals surface area contributed by atoms with Gasteiger partial charge < -0.3 is 4.74 Å². The van der Waals surface area contributed by atoms with E-state index in [-0.39, 0.29) is 0 Å². The maximum atomic E-state index is 11.7. The zero-order valence-electron chi connectivity index (χ0n) is 10.3. The summed E-state index contributed by atoms with van der Waals surface area (Å²) < 4.78 is 4.94. The van der Waals surface area contributed by atoms with Gasteiger partial charge in [0, 0.05) is 23.7 Å². The van der Waals surface area contributed by atoms with E-state index in [1.165, 1.54) is 6.33 Å². The Morgan fingerprint density at radius 3 is 2.61 bits per heavy atom. The Hall–Kier alpha value is -2.30. The summed E-state index contributed by atoms with van der Waals surface area (Å²) in [6, 6.07) is 3.56. The number of nitrogens with zero attached hydrogens (tertiary/aromatic N) is 3. The van der Waals surface area contributed by atoms with Crippen LogP contribution in [-0.2, 0) is 4.74 Å². The molecule has 0 radical (unpaired) electrons. The molecule has 0 aliphatic carbocycles. The number of carbonyl (C=O) groups excluding carboxylic acids is 1. The van der Waals surface area contributed by atoms with Crippen molar-refractivity contribution >= 4 is 5.97 Å². The highest BCUT2D eigenvalue weighted by molar-refractivity contribution is 5.88. The lowest BCUT2D eigenvalue weighted by molar-refractivity contribution is 0.0519. The lowest BCUT2D eigenvalue weighted by atomic mass is 10.1. The molecule has 2 aromatic heterocycles. The lowest BCUT2D eigenvalue weighted by Gasteiger charge is -2.06. The van der Waals surface area contributed by atoms with Crippen molar-refractivity contribution in [3.8, 4) is 11.1 Å². The second kappa shape index (κ2) is 5.35. The van der Waals surface area contributed by atoms with Gasteiger partial charge in [0.1, 0.15) is 12.0 Å². The van der Waals surface area contributed by atoms with Crippen molar-refractivity contribution < 1.29 is 9.53 Å². The van der Waals surface area contributed by atoms with Gasteiger partial charge in [-0.3, -0.25) is 0 Å². The molecule has 0 N–H and O–H groups in total. The summed E-state index contributed by atoms with van der Waals surface area (Å²) in [5, 5.41) is 0. The van der Waals surface area contributed by atoms with Crippen LogP contribution in [-0.4, -0.2) is 27.5 Å². The summed E-state index contributed by atoms with van der Waals surface area (Å²) in [5.41, 5.74) is 2.75. The molecule has 0 saturated carbocycles. The molecule has 2 rings (SSSR count). The van der Waals surface area contributed by atoms with Crippen LogP contribution in [0.15, 0.2) is 30.9 Å². The fourth-order valence-corrected chi connectivity index (χ4v) is 1.59. The lowest BCUT2D eigenvalue weighted by Crippen LogP contribution is -2.08. The Morgan fingerprint density at radius 2 is 1.94 bits per heavy atom. The van der Waals surface area contributed by atoms with E-state index < -0.39 is 5.97 Å². The highest BCUT2D eigenvalue weighted by Gasteiger charge is 2.11. The van der Waals surface area contributed by atoms with Crippen molar-refractivity contribution in [2.45, 2.75) is 13.8 Å². The van der Waals surface area contributed by atoms with Crippen LogP contribution in [0.3, 0.4) is 0 Å². The average Bonchev–Trinajstić information content (AvgIpc) is 2.39. The summed E-state index contributed by atoms with van der Waals surface area (Å²) in [5.74, 6) is -0.417. The minimum Gasteiger partial charge on any atom is -0.461 e. The third kappa shape index (κ3) is 2.68. The molecular weight excluding hydrogens is 230 g/mol. The van der Waals surface area contributed by atoms with Gasteiger partial charge in [-0.05, 0) is 31.5 Å². The Balaban J connectivity index is 2.41. The van der Waals surface area contributed by atoms with Crippen LogP contribution in [0, 0.1) is 6.92 Å². The molecule has 0 aromatic carbocycles. The monoisotopic (exact) mass is 243 g/mol. The first kappa shape index (κ1) is 12.2. The van der Waals surface area contributed by atoms with E-state index in [2.05, 4.69) is 15.0 Å². The Bertz CT molecular complexity index is 555. The number of esters is 1. The van der Waals surface area contributed by atoms with Crippen LogP contribution < -0.4 is 0 Å². The number of carbonyl (C=O) groups is 1. The quantitative estimate of drug-likeness (QED) is 0.772. The SMILES string of the molecule is CCOC(=O)c1cc(-c2cncnc2)cc(C)n1. The highest BCUT2D eigenvalue weighted by atomic mass is 16.5. The predicted octanol–water partition coefficient (Wildman–Crippen LogP) is 2.02. The molecule has 0 amide bonds. The molecule has 0 atom stereocenters. The third-order valence-corrected chi connectivity index (χ3v) is 2.33. The molecule has 2 heterocycles. The minimum absolute atomic E-state index is 0.302. The smallest absolute Gasteiger partial charge is 0.356 e. The van der Waals surface area contributed by atoms with Gasteiger partial charge in [0.25, 0.3) is 0 Å². The van der Waals surface area contributed by atoms with Crippen LogP contribution in [0.4, 0.5) is 0 Å². The van der Waals surface area contributed by atoms with Crippen LogP contribution in [0.5, 0.6) is 0 Å². The van der Waals surface area contributed by atoms with Crippen LogP contribution in [0.2, 0.25) is 0 Å². The molecule has 0 fully saturated rings. The first-order valence-electron chi connectivity index (χ1n) is 5.62. The van der Waals surface area contributed by atoms with Gasteiger partial charge in [0.05, 0.1) is 6.61 Å². The number of aromatic nitrogens is 3. The molecule has 0 aliphatic heterocycles. The molecule has 0 aliphatic rings. The molecule has 0 unspecified atom stereocenters. The van der Waals surface area contributed by atoms with E-state index in [0.717, 1.165) is 16.8 Å². The van der Waals surface area contributed by atoms with E-state index >= 15 is 0 Å². The third-order valence-electron chi connectivity index (χ3n) is 2.33. The molecule has 5 nitrogen and oxygen atoms in total. The molecule has 18 heavy (non-hydrogen) atoms. The van der Waals surface area contributed by atoms with Crippen LogP contribution >= 0.6 is 0 Å². The molecule has 92 valence electrons. The summed E-state index contributed by atoms with van der Waals surface area (Å²) in [7, 11) is 0. The second-order valence-corrected chi connectivity index (χ2v) is 3.73. The van der Waals surface area contributed by atoms with Gasteiger partial charge in [0.2, 0.25) is 0 Å². The van der Waals surface area contributed by atoms with Crippen LogP contribution in [0.25, 0.3) is 11.1 Å². The summed E-state index contributed by atoms with van der Waals surface area (Å²) in [6.45, 7) is 3.92. The number of hydrogen-bond acceptors (Lipinski definition) is 5. The first-order chi connectivity index (χ1) is 8.70. The fraction of sp³-hybridized carbons (Fsp3) is 0.231. The largest absolute Gasteiger partial charge is 0.461 e. The zero-order chi connectivity index (χ0) is 13.0. The van der Waals surface area contributed by atoms with Gasteiger partial charge in [-0.15, -0.1) is 0 Å². The number of rotatable bonds is 3. The fourth-order valence-electron chi connectivity index (χ4n) is 1.59. The maximum absolute atomic E-state index is 11.7. The van der Waals surface area contributed by atoms with E-state index in [4.69, 9.17) is 4.74 Å². The van der Waals surface area contributed by atoms with E-state index in [1.54, 1.807) is 25.4 Å². The number of hydrogen-bond donors (Lipinski definition) is 0. The summed E-state index contributed by atoms with van der Waals surface area (Å²) in [6.07, 6.45) is 4.84. The maximum Gasteiger partial charge on any atom is 0.356 e. The van der Waals surface area contributed by atoms with Crippen molar-refractivity contribution in [3.05, 3.63) is 42.2 Å². The number of pyridine rings is 1. The first-order valence-corrected chi connectivity index (χ1v) is 5.62. The Kier molecular flexibility index (Phi) is 3.62. The normalized spacial score (nSPS) is 10.1. The van der Waals surface area contributed by atoms with Gasteiger partial charge in [-0.25, -0.2) is 19.7 Å². The van der Waals surface area contributed by atoms with Gasteiger partial charge >= 0.3 is 5.97 Å². The van der Waals surface area contributed by atoms with Crippen LogP contribution in [0.1, 0.15) is 23.1 Å². The van der Waals surface area contributed by atoms with Gasteiger partial charge in [-0.1, -0.05) is 0 Å². The highest BCUT2D eigenvalue weighted by Crippen LogP contribution is 2.19. The Labute approximate surface area is 105 Å². The van der Waals surface area contributed by atoms with Crippen molar-refractivity contribution in [1.82, 2.24) is 15.0 Å². The van der Waals surface area contributed by atoms with Crippen molar-refractivity contribution in [1.29, 1.82) is 0 Å². The Morgan fingerprint density at radius 1 is 1.22 bits per heavy atom. The van der Waals surface area contributed by atoms with Gasteiger partial charge in [-0.2, -0.15) is 0 Å². The number of aryl methyl sites for hydroxylation is 1. The van der Waals surface area contributed by atoms with E-state index in [9.17, 15) is 4.79 Å². The molecule has 5 heteroatoms. The average molecular weight is 243 g/mol. The second-order valence-electron chi connectivity index (χ2n) is 3.73. The van der Waals surface area contributed by atoms with Crippen molar-refractivity contribution in [3.63, 3.8) is 0 Å². The van der Waals surface area contributed by atoms with E-state index in [1.807, 2.05) is 13.0 Å². The molecule has 2 aromatic rings. The molecular formula is C13H13N3O2. The minimum atomic E-state index is -0.417. The predicted molar refractivity (Wildman–Crippen MR) is 66.0 cm³/mol. The standard InChI is InChI=1S/C13H13N3O2/c1-3-18-13(17)12-5-10(4-9(2)16-12)11-6-14-8-15-7-11/h4-8H,3H2,1-2H3. The summed E-state index contributed by atoms with van der Waals surface area (Å²) >= 11 is 0. The van der Waals surface area contributed by atoms with E-state index in [0.29, 0.717) is 12.3 Å². The van der Waals surface area contributed by atoms with Crippen molar-refractivity contribution in [2.24, 2.45) is 0 Å². The van der Waals surface area contributed by atoms with Crippen molar-refractivity contribution in [2.75, 3.05) is 6.61 Å². The molecule has 0 saturated heterocycles. The topological polar surface area (TPSA) is 65.0 Å².